The second-order valence-corrected chi connectivity index (χ2v) is 5.75. The van der Waals surface area contributed by atoms with E-state index < -0.39 is 0 Å². The summed E-state index contributed by atoms with van der Waals surface area (Å²) in [5.74, 6) is 1.10. The molecule has 0 N–H and O–H groups in total. The van der Waals surface area contributed by atoms with E-state index in [0.717, 1.165) is 10.6 Å². The molecule has 2 nitrogen and oxygen atoms in total. The number of rotatable bonds is 2. The third kappa shape index (κ3) is 2.57. The molecule has 0 atom stereocenters. The first-order valence-electron chi connectivity index (χ1n) is 3.34. The molecule has 0 fully saturated rings. The van der Waals surface area contributed by atoms with E-state index in [4.69, 9.17) is 0 Å². The van der Waals surface area contributed by atoms with Crippen LogP contribution in [0, 0.1) is 0 Å². The Kier molecular flexibility index (Phi) is 3.54. The van der Waals surface area contributed by atoms with Gasteiger partial charge in [-0.25, -0.2) is 0 Å². The molecule has 1 aromatic heterocycles. The second kappa shape index (κ2) is 4.23. The molecule has 5 heteroatoms. The van der Waals surface area contributed by atoms with Crippen LogP contribution in [0.1, 0.15) is 6.92 Å². The molecule has 1 heterocycles. The van der Waals surface area contributed by atoms with Crippen molar-refractivity contribution in [2.24, 2.45) is 0 Å². The summed E-state index contributed by atoms with van der Waals surface area (Å²) in [6.45, 7) is 2.14. The Morgan fingerprint density at radius 2 is 2.18 bits per heavy atom. The van der Waals surface area contributed by atoms with Crippen LogP contribution < -0.4 is 9.38 Å². The van der Waals surface area contributed by atoms with Gasteiger partial charge in [-0.2, -0.15) is 0 Å². The van der Waals surface area contributed by atoms with Crippen LogP contribution in [-0.4, -0.2) is 24.8 Å². The minimum Gasteiger partial charge on any atom is -0.254 e. The van der Waals surface area contributed by atoms with Gasteiger partial charge in [0.25, 0.3) is 4.34 Å². The van der Waals surface area contributed by atoms with E-state index in [1.807, 2.05) is 18.7 Å². The van der Waals surface area contributed by atoms with E-state index in [0.29, 0.717) is 0 Å². The van der Waals surface area contributed by atoms with E-state index in [1.165, 1.54) is 4.34 Å². The highest BCUT2D eigenvalue weighted by Gasteiger charge is 2.06. The van der Waals surface area contributed by atoms with Crippen molar-refractivity contribution in [3.05, 3.63) is 4.80 Å². The molecule has 0 saturated carbocycles. The molecule has 0 unspecified atom stereocenters. The highest BCUT2D eigenvalue weighted by Crippen LogP contribution is 2.20. The third-order valence-electron chi connectivity index (χ3n) is 1.02. The minimum atomic E-state index is 1.10. The molecule has 0 bridgehead atoms. The Labute approximate surface area is 78.0 Å². The smallest absolute Gasteiger partial charge is 0.254 e. The fourth-order valence-corrected chi connectivity index (χ4v) is 4.00. The van der Waals surface area contributed by atoms with Crippen molar-refractivity contribution in [3.63, 3.8) is 0 Å². The van der Waals surface area contributed by atoms with E-state index in [9.17, 15) is 0 Å². The lowest BCUT2D eigenvalue weighted by Crippen LogP contribution is -2.19. The normalized spacial score (nSPS) is 10.1. The summed E-state index contributed by atoms with van der Waals surface area (Å²) in [7, 11) is 7.53. The van der Waals surface area contributed by atoms with Crippen molar-refractivity contribution in [2.45, 2.75) is 11.3 Å². The Balaban J connectivity index is 2.91. The van der Waals surface area contributed by atoms with Gasteiger partial charge >= 0.3 is 4.80 Å². The van der Waals surface area contributed by atoms with Gasteiger partial charge in [-0.3, -0.25) is 4.58 Å². The lowest BCUT2D eigenvalue weighted by Gasteiger charge is -1.79. The van der Waals surface area contributed by atoms with Crippen molar-refractivity contribution in [2.75, 3.05) is 19.8 Å². The minimum absolute atomic E-state index is 1.10. The van der Waals surface area contributed by atoms with Crippen molar-refractivity contribution in [1.82, 2.24) is 9.56 Å². The van der Waals surface area contributed by atoms with Gasteiger partial charge in [0.05, 0.1) is 14.1 Å². The van der Waals surface area contributed by atoms with Crippen LogP contribution in [0.25, 0.3) is 0 Å². The van der Waals surface area contributed by atoms with Crippen LogP contribution in [0.2, 0.25) is 0 Å². The third-order valence-corrected chi connectivity index (χ3v) is 4.67. The van der Waals surface area contributed by atoms with Crippen LogP contribution in [0.15, 0.2) is 4.34 Å². The maximum Gasteiger partial charge on any atom is 0.389 e. The quantitative estimate of drug-likeness (QED) is 0.413. The molecule has 0 aliphatic carbocycles. The number of nitrogens with zero attached hydrogens (tertiary/aromatic N) is 2. The van der Waals surface area contributed by atoms with Crippen LogP contribution in [0.3, 0.4) is 0 Å². The first-order chi connectivity index (χ1) is 5.24. The van der Waals surface area contributed by atoms with Crippen molar-refractivity contribution < 1.29 is 0 Å². The van der Waals surface area contributed by atoms with Gasteiger partial charge in [-0.05, 0) is 21.1 Å². The van der Waals surface area contributed by atoms with Gasteiger partial charge in [-0.15, -0.1) is 0 Å². The second-order valence-electron chi connectivity index (χ2n) is 2.15. The average Bonchev–Trinajstić information content (AvgIpc) is 2.37. The molecule has 0 amide bonds. The van der Waals surface area contributed by atoms with Crippen LogP contribution in [0.5, 0.6) is 0 Å². The van der Waals surface area contributed by atoms with E-state index in [2.05, 4.69) is 11.9 Å². The topological polar surface area (TPSA) is 15.9 Å². The van der Waals surface area contributed by atoms with Gasteiger partial charge in [0.1, 0.15) is 0 Å². The molecule has 0 radical (unpaired) electrons. The standard InChI is InChI=1S/C6H11N2S3/c1-4-9-6-7-5(8(2)3)10-11-6/h4H2,1-3H3/q+1. The first kappa shape index (κ1) is 9.22. The summed E-state index contributed by atoms with van der Waals surface area (Å²) in [5, 5.41) is 0. The zero-order valence-electron chi connectivity index (χ0n) is 6.83. The monoisotopic (exact) mass is 207 g/mol. The first-order valence-corrected chi connectivity index (χ1v) is 6.48. The summed E-state index contributed by atoms with van der Waals surface area (Å²) in [4.78, 5) is 5.53. The zero-order valence-corrected chi connectivity index (χ0v) is 9.28. The Morgan fingerprint density at radius 1 is 1.45 bits per heavy atom. The Morgan fingerprint density at radius 3 is 2.64 bits per heavy atom. The predicted octanol–water partition coefficient (Wildman–Crippen LogP) is 1.35. The van der Waals surface area contributed by atoms with E-state index >= 15 is 0 Å². The van der Waals surface area contributed by atoms with Crippen LogP contribution >= 0.6 is 32.4 Å². The molecule has 0 aromatic carbocycles. The molecule has 0 saturated heterocycles. The molecule has 1 rings (SSSR count). The van der Waals surface area contributed by atoms with Crippen LogP contribution in [0.4, 0.5) is 0 Å². The highest BCUT2D eigenvalue weighted by molar-refractivity contribution is 8.02. The summed E-state index contributed by atoms with van der Waals surface area (Å²) in [6.07, 6.45) is 0. The molecule has 1 aromatic rings. The van der Waals surface area contributed by atoms with Crippen molar-refractivity contribution in [1.29, 1.82) is 0 Å². The van der Waals surface area contributed by atoms with Gasteiger partial charge in [0, 0.05) is 10.3 Å². The maximum absolute atomic E-state index is 4.43. The van der Waals surface area contributed by atoms with Crippen LogP contribution in [-0.2, 0) is 0 Å². The summed E-state index contributed by atoms with van der Waals surface area (Å²) in [6, 6.07) is 0. The number of hydrogen-bond donors (Lipinski definition) is 0. The lowest BCUT2D eigenvalue weighted by atomic mass is 11.0. The zero-order chi connectivity index (χ0) is 8.27. The molecule has 11 heavy (non-hydrogen) atoms. The number of hydrogen-bond acceptors (Lipinski definition) is 4. The number of thioether (sulfide) groups is 1. The Bertz CT molecular complexity index is 282. The van der Waals surface area contributed by atoms with Gasteiger partial charge in [-0.1, -0.05) is 18.7 Å². The number of aromatic nitrogens is 1. The maximum atomic E-state index is 4.43. The predicted molar refractivity (Wildman–Crippen MR) is 53.5 cm³/mol. The summed E-state index contributed by atoms with van der Waals surface area (Å²) >= 11 is 1.80. The Hall–Kier alpha value is 0.130. The SMILES string of the molecule is CCSc1nc(=[N+](C)C)ss1. The van der Waals surface area contributed by atoms with Crippen molar-refractivity contribution >= 4 is 32.4 Å². The fraction of sp³-hybridized carbons (Fsp3) is 0.667. The largest absolute Gasteiger partial charge is 0.389 e. The molecular weight excluding hydrogens is 196 g/mol. The van der Waals surface area contributed by atoms with Gasteiger partial charge in [0.2, 0.25) is 0 Å². The fourth-order valence-electron chi connectivity index (χ4n) is 0.543. The molecule has 0 aliphatic heterocycles. The van der Waals surface area contributed by atoms with Gasteiger partial charge in [0.15, 0.2) is 0 Å². The summed E-state index contributed by atoms with van der Waals surface area (Å²) in [5.41, 5.74) is 0. The van der Waals surface area contributed by atoms with Gasteiger partial charge < -0.3 is 0 Å². The molecular formula is C6H11N2S3+. The highest BCUT2D eigenvalue weighted by atomic mass is 32.9. The van der Waals surface area contributed by atoms with Crippen molar-refractivity contribution in [3.8, 4) is 0 Å². The van der Waals surface area contributed by atoms with E-state index in [-0.39, 0.29) is 0 Å². The summed E-state index contributed by atoms with van der Waals surface area (Å²) < 4.78 is 3.22. The molecule has 62 valence electrons. The van der Waals surface area contributed by atoms with E-state index in [1.54, 1.807) is 32.4 Å². The lowest BCUT2D eigenvalue weighted by molar-refractivity contribution is 0.795. The molecule has 0 aliphatic rings. The molecule has 0 spiro atoms. The average molecular weight is 207 g/mol.